The van der Waals surface area contributed by atoms with E-state index in [1.165, 1.54) is 101 Å². The molecule has 6 fully saturated rings. The van der Waals surface area contributed by atoms with Gasteiger partial charge in [-0.15, -0.1) is 0 Å². The normalized spacial score (nSPS) is 45.2. The first kappa shape index (κ1) is 44.0. The van der Waals surface area contributed by atoms with E-state index in [-0.39, 0.29) is 22.4 Å². The summed E-state index contributed by atoms with van der Waals surface area (Å²) in [7, 11) is 0. The standard InChI is InChI=1S/C54H82O2Se2/c1-33(2)13-11-15-35(5)41-17-19-43-49-45(23-27-53(41,43)9)51(7)25-21-39(55)29-37(51)31-47(49)57-58-48-32-38-30-40(56)22-26-52(38,8)46-24-28-54(10)42(18-20-44(54)50(46)48)36(6)16-12-14-34(3)4/h21-22,25-26,29-30,33-36,41-50H,11-20,23-24,27-28,31-32H2,1-10H3/t35-,36-,41-,42-,43+,44+,45+,46+,47?,48?,49+,50+,51+,52+,53-,54-/m1/s1. The molecule has 0 N–H and O–H groups in total. The van der Waals surface area contributed by atoms with Crippen LogP contribution in [0.1, 0.15) is 172 Å². The van der Waals surface area contributed by atoms with Gasteiger partial charge >= 0.3 is 369 Å². The molecule has 58 heavy (non-hydrogen) atoms. The SMILES string of the molecule is CC(C)CCC[C@@H](C)[C@H]1CC[C@H]2[C@@H]3C([Se][Se]C4CC5=CC(=O)C=C[C@]5(C)[C@H]5CC[C@]6(C)[C@@H]([C@H](C)CCCC(C)C)CC[C@H]6[C@H]45)CC4=CC(=O)C=C[C@]4(C)[C@H]3CC[C@]12C. The number of ketones is 2. The number of hydrogen-bond donors (Lipinski definition) is 0. The van der Waals surface area contributed by atoms with Gasteiger partial charge in [-0.2, -0.15) is 0 Å². The zero-order chi connectivity index (χ0) is 41.4. The van der Waals surface area contributed by atoms with Crippen LogP contribution in [0.4, 0.5) is 0 Å². The van der Waals surface area contributed by atoms with Gasteiger partial charge < -0.3 is 0 Å². The van der Waals surface area contributed by atoms with Gasteiger partial charge in [-0.3, -0.25) is 0 Å². The molecule has 0 aliphatic heterocycles. The van der Waals surface area contributed by atoms with Crippen LogP contribution in [-0.4, -0.2) is 37.8 Å². The molecule has 0 spiro atoms. The molecule has 0 amide bonds. The van der Waals surface area contributed by atoms with E-state index >= 15 is 0 Å². The van der Waals surface area contributed by atoms with Crippen molar-refractivity contribution in [2.45, 2.75) is 182 Å². The van der Waals surface area contributed by atoms with Gasteiger partial charge in [0, 0.05) is 0 Å². The van der Waals surface area contributed by atoms with Crippen LogP contribution in [0, 0.1) is 92.7 Å². The number of fused-ring (bicyclic) bond motifs is 10. The minimum absolute atomic E-state index is 0.0493. The second-order valence-corrected chi connectivity index (χ2v) is 31.2. The molecule has 6 saturated carbocycles. The van der Waals surface area contributed by atoms with Crippen LogP contribution >= 0.6 is 0 Å². The minimum atomic E-state index is 0.0493. The Hall–Kier alpha value is -0.661. The van der Waals surface area contributed by atoms with Crippen molar-refractivity contribution < 1.29 is 9.59 Å². The molecule has 8 aliphatic carbocycles. The quantitative estimate of drug-likeness (QED) is 0.173. The zero-order valence-corrected chi connectivity index (χ0v) is 41.9. The number of allylic oxidation sites excluding steroid dienone is 8. The fourth-order valence-electron chi connectivity index (χ4n) is 16.7. The molecule has 0 aromatic heterocycles. The van der Waals surface area contributed by atoms with E-state index < -0.39 is 0 Å². The molecule has 8 rings (SSSR count). The van der Waals surface area contributed by atoms with E-state index in [0.29, 0.717) is 48.9 Å². The first-order valence-corrected chi connectivity index (χ1v) is 31.0. The molecule has 0 bridgehead atoms. The third kappa shape index (κ3) is 7.63. The maximum atomic E-state index is 13.1. The average Bonchev–Trinajstić information content (AvgIpc) is 3.71. The van der Waals surface area contributed by atoms with Gasteiger partial charge in [-0.1, -0.05) is 0 Å². The van der Waals surface area contributed by atoms with Crippen molar-refractivity contribution in [3.05, 3.63) is 47.6 Å². The van der Waals surface area contributed by atoms with Crippen LogP contribution in [0.25, 0.3) is 0 Å². The van der Waals surface area contributed by atoms with E-state index in [2.05, 4.69) is 93.5 Å². The zero-order valence-electron chi connectivity index (χ0n) is 38.5. The van der Waals surface area contributed by atoms with Gasteiger partial charge in [0.1, 0.15) is 0 Å². The molecule has 0 radical (unpaired) electrons. The third-order valence-electron chi connectivity index (χ3n) is 19.8. The molecule has 0 aromatic rings. The second-order valence-electron chi connectivity index (χ2n) is 23.7. The fourth-order valence-corrected chi connectivity index (χ4v) is 27.8. The summed E-state index contributed by atoms with van der Waals surface area (Å²) in [5.74, 6) is 10.0. The topological polar surface area (TPSA) is 34.1 Å². The summed E-state index contributed by atoms with van der Waals surface area (Å²) in [5, 5.41) is 0. The van der Waals surface area contributed by atoms with Crippen LogP contribution in [0.5, 0.6) is 0 Å². The first-order chi connectivity index (χ1) is 27.5. The van der Waals surface area contributed by atoms with E-state index in [0.717, 1.165) is 81.7 Å². The average molecular weight is 921 g/mol. The van der Waals surface area contributed by atoms with E-state index in [9.17, 15) is 9.59 Å². The number of rotatable bonds is 13. The first-order valence-electron chi connectivity index (χ1n) is 24.7. The van der Waals surface area contributed by atoms with Crippen LogP contribution in [0.2, 0.25) is 9.63 Å². The van der Waals surface area contributed by atoms with Crippen molar-refractivity contribution in [1.29, 1.82) is 0 Å². The van der Waals surface area contributed by atoms with Crippen LogP contribution in [0.3, 0.4) is 0 Å². The number of carbonyl (C=O) groups excluding carboxylic acids is 2. The summed E-state index contributed by atoms with van der Waals surface area (Å²) < 4.78 is 0. The van der Waals surface area contributed by atoms with Gasteiger partial charge in [0.05, 0.1) is 0 Å². The summed E-state index contributed by atoms with van der Waals surface area (Å²) in [6.45, 7) is 25.4. The number of hydrogen-bond acceptors (Lipinski definition) is 2. The molecule has 2 unspecified atom stereocenters. The fraction of sp³-hybridized carbons (Fsp3) is 0.815. The summed E-state index contributed by atoms with van der Waals surface area (Å²) in [5.41, 5.74) is 3.98. The molecule has 4 heteroatoms. The van der Waals surface area contributed by atoms with Gasteiger partial charge in [0.15, 0.2) is 0 Å². The predicted molar refractivity (Wildman–Crippen MR) is 246 cm³/mol. The molecular weight excluding hydrogens is 839 g/mol. The van der Waals surface area contributed by atoms with Crippen molar-refractivity contribution >= 4 is 37.8 Å². The van der Waals surface area contributed by atoms with Crippen molar-refractivity contribution in [1.82, 2.24) is 0 Å². The Morgan fingerprint density at radius 1 is 0.552 bits per heavy atom. The van der Waals surface area contributed by atoms with Gasteiger partial charge in [-0.05, 0) is 0 Å². The third-order valence-corrected chi connectivity index (χ3v) is 29.7. The van der Waals surface area contributed by atoms with Crippen LogP contribution < -0.4 is 0 Å². The summed E-state index contributed by atoms with van der Waals surface area (Å²) in [6, 6.07) is 0. The van der Waals surface area contributed by atoms with Crippen molar-refractivity contribution in [2.75, 3.05) is 0 Å². The molecule has 16 atom stereocenters. The molecule has 2 nitrogen and oxygen atoms in total. The molecule has 0 aromatic carbocycles. The Bertz CT molecular complexity index is 1560. The molecular formula is C54H82O2Se2. The summed E-state index contributed by atoms with van der Waals surface area (Å²) in [4.78, 5) is 27.6. The Kier molecular flexibility index (Phi) is 12.7. The summed E-state index contributed by atoms with van der Waals surface area (Å²) >= 11 is 1.13. The molecule has 0 heterocycles. The van der Waals surface area contributed by atoms with E-state index in [1.807, 2.05) is 12.2 Å². The van der Waals surface area contributed by atoms with Gasteiger partial charge in [0.25, 0.3) is 0 Å². The predicted octanol–water partition coefficient (Wildman–Crippen LogP) is 13.9. The molecule has 8 aliphatic rings. The van der Waals surface area contributed by atoms with Crippen molar-refractivity contribution in [2.24, 2.45) is 92.7 Å². The Morgan fingerprint density at radius 3 is 1.33 bits per heavy atom. The van der Waals surface area contributed by atoms with Gasteiger partial charge in [0.2, 0.25) is 0 Å². The van der Waals surface area contributed by atoms with Crippen molar-refractivity contribution in [3.8, 4) is 0 Å². The van der Waals surface area contributed by atoms with Crippen LogP contribution in [-0.2, 0) is 9.59 Å². The van der Waals surface area contributed by atoms with Gasteiger partial charge in [-0.25, -0.2) is 0 Å². The van der Waals surface area contributed by atoms with E-state index in [4.69, 9.17) is 0 Å². The van der Waals surface area contributed by atoms with E-state index in [1.54, 1.807) is 0 Å². The van der Waals surface area contributed by atoms with Crippen LogP contribution in [0.15, 0.2) is 47.6 Å². The summed E-state index contributed by atoms with van der Waals surface area (Å²) in [6.07, 6.45) is 34.7. The van der Waals surface area contributed by atoms with Crippen molar-refractivity contribution in [3.63, 3.8) is 0 Å². The number of carbonyl (C=O) groups is 2. The Labute approximate surface area is 367 Å². The second kappa shape index (κ2) is 16.8. The molecule has 322 valence electrons. The Morgan fingerprint density at radius 2 is 0.948 bits per heavy atom. The molecule has 0 saturated heterocycles. The maximum absolute atomic E-state index is 13.1. The Balaban J connectivity index is 1.08. The monoisotopic (exact) mass is 922 g/mol.